The highest BCUT2D eigenvalue weighted by molar-refractivity contribution is 6.27. The van der Waals surface area contributed by atoms with Crippen LogP contribution < -0.4 is 19.5 Å². The van der Waals surface area contributed by atoms with Gasteiger partial charge in [0.05, 0.1) is 0 Å². The fourth-order valence-electron chi connectivity index (χ4n) is 2.59. The van der Waals surface area contributed by atoms with E-state index in [1.165, 1.54) is 11.1 Å². The van der Waals surface area contributed by atoms with Crippen LogP contribution in [0.25, 0.3) is 0 Å². The number of aliphatic carboxylic acids is 2. The molecule has 8 heteroatoms. The summed E-state index contributed by atoms with van der Waals surface area (Å²) in [6.07, 6.45) is 0.854. The maximum absolute atomic E-state index is 9.10. The molecule has 0 aromatic heterocycles. The summed E-state index contributed by atoms with van der Waals surface area (Å²) in [5.41, 5.74) is 2.40. The van der Waals surface area contributed by atoms with Crippen LogP contribution in [0.3, 0.4) is 0 Å². The van der Waals surface area contributed by atoms with Crippen LogP contribution in [0.1, 0.15) is 23.7 Å². The third-order valence-electron chi connectivity index (χ3n) is 3.88. The van der Waals surface area contributed by atoms with Crippen molar-refractivity contribution in [1.82, 2.24) is 5.32 Å². The lowest BCUT2D eigenvalue weighted by Crippen LogP contribution is -2.16. The summed E-state index contributed by atoms with van der Waals surface area (Å²) >= 11 is 0. The van der Waals surface area contributed by atoms with Crippen LogP contribution in [-0.4, -0.2) is 42.5 Å². The van der Waals surface area contributed by atoms with Crippen LogP contribution >= 0.6 is 0 Å². The minimum atomic E-state index is -1.82. The van der Waals surface area contributed by atoms with Crippen molar-refractivity contribution in [3.05, 3.63) is 53.6 Å². The third-order valence-corrected chi connectivity index (χ3v) is 3.88. The summed E-state index contributed by atoms with van der Waals surface area (Å²) < 4.78 is 17.2. The van der Waals surface area contributed by atoms with Crippen molar-refractivity contribution in [2.45, 2.75) is 19.4 Å². The fraction of sp³-hybridized carbons (Fsp3) is 0.300. The first-order valence-electron chi connectivity index (χ1n) is 8.65. The van der Waals surface area contributed by atoms with E-state index in [-0.39, 0.29) is 12.9 Å². The van der Waals surface area contributed by atoms with Crippen LogP contribution in [0, 0.1) is 6.92 Å². The molecule has 150 valence electrons. The number of fused-ring (bicyclic) bond motifs is 1. The number of carboxylic acids is 2. The molecule has 0 fully saturated rings. The van der Waals surface area contributed by atoms with Gasteiger partial charge < -0.3 is 29.7 Å². The van der Waals surface area contributed by atoms with Gasteiger partial charge in [0, 0.05) is 6.42 Å². The molecular weight excluding hydrogens is 366 g/mol. The van der Waals surface area contributed by atoms with Crippen LogP contribution in [-0.2, 0) is 9.59 Å². The highest BCUT2D eigenvalue weighted by Gasteiger charge is 2.22. The van der Waals surface area contributed by atoms with Gasteiger partial charge >= 0.3 is 11.9 Å². The SMILES string of the molecule is CNCCC(Oc1cccc2c1OCO2)c1cccc(C)c1.O=C(O)C(=O)O. The molecule has 0 saturated heterocycles. The predicted octanol–water partition coefficient (Wildman–Crippen LogP) is 2.61. The summed E-state index contributed by atoms with van der Waals surface area (Å²) in [5.74, 6) is -1.47. The first kappa shape index (κ1) is 21.0. The standard InChI is InChI=1S/C18H21NO3.C2H2O4/c1-13-5-3-6-14(11-13)15(9-10-19-2)22-17-8-4-7-16-18(17)21-12-20-16;3-1(4)2(5)6/h3-8,11,15,19H,9-10,12H2,1-2H3;(H,3,4)(H,5,6). The van der Waals surface area contributed by atoms with Gasteiger partial charge in [0.2, 0.25) is 12.5 Å². The first-order chi connectivity index (χ1) is 13.4. The lowest BCUT2D eigenvalue weighted by Gasteiger charge is -2.21. The van der Waals surface area contributed by atoms with Crippen molar-refractivity contribution in [1.29, 1.82) is 0 Å². The molecule has 0 aliphatic carbocycles. The number of aryl methyl sites for hydroxylation is 1. The number of ether oxygens (including phenoxy) is 3. The Bertz CT molecular complexity index is 810. The Morgan fingerprint density at radius 2 is 1.86 bits per heavy atom. The molecule has 28 heavy (non-hydrogen) atoms. The molecule has 0 radical (unpaired) electrons. The maximum atomic E-state index is 9.10. The molecule has 1 aliphatic heterocycles. The van der Waals surface area contributed by atoms with Crippen molar-refractivity contribution >= 4 is 11.9 Å². The molecule has 8 nitrogen and oxygen atoms in total. The van der Waals surface area contributed by atoms with E-state index in [9.17, 15) is 0 Å². The Balaban J connectivity index is 0.000000409. The van der Waals surface area contributed by atoms with Gasteiger partial charge in [-0.3, -0.25) is 0 Å². The fourth-order valence-corrected chi connectivity index (χ4v) is 2.59. The Labute approximate surface area is 162 Å². The van der Waals surface area contributed by atoms with Crippen molar-refractivity contribution in [3.8, 4) is 17.2 Å². The van der Waals surface area contributed by atoms with E-state index < -0.39 is 11.9 Å². The number of hydrogen-bond donors (Lipinski definition) is 3. The Hall–Kier alpha value is -3.26. The first-order valence-corrected chi connectivity index (χ1v) is 8.65. The lowest BCUT2D eigenvalue weighted by atomic mass is 10.0. The minimum Gasteiger partial charge on any atom is -0.482 e. The number of benzene rings is 2. The highest BCUT2D eigenvalue weighted by atomic mass is 16.7. The maximum Gasteiger partial charge on any atom is 0.414 e. The molecule has 0 spiro atoms. The molecule has 0 saturated carbocycles. The lowest BCUT2D eigenvalue weighted by molar-refractivity contribution is -0.159. The van der Waals surface area contributed by atoms with Gasteiger partial charge in [0.15, 0.2) is 11.5 Å². The molecular formula is C20H23NO7. The quantitative estimate of drug-likeness (QED) is 0.646. The van der Waals surface area contributed by atoms with E-state index >= 15 is 0 Å². The van der Waals surface area contributed by atoms with Gasteiger partial charge in [0.1, 0.15) is 6.10 Å². The topological polar surface area (TPSA) is 114 Å². The van der Waals surface area contributed by atoms with E-state index in [1.807, 2.05) is 25.2 Å². The third kappa shape index (κ3) is 5.88. The van der Waals surface area contributed by atoms with Crippen LogP contribution in [0.4, 0.5) is 0 Å². The second-order valence-electron chi connectivity index (χ2n) is 6.01. The van der Waals surface area contributed by atoms with E-state index in [0.29, 0.717) is 5.75 Å². The van der Waals surface area contributed by atoms with Gasteiger partial charge in [0.25, 0.3) is 0 Å². The van der Waals surface area contributed by atoms with Crippen molar-refractivity contribution < 1.29 is 34.0 Å². The molecule has 1 unspecified atom stereocenters. The number of hydrogen-bond acceptors (Lipinski definition) is 6. The average molecular weight is 389 g/mol. The molecule has 3 N–H and O–H groups in total. The number of rotatable bonds is 6. The van der Waals surface area contributed by atoms with Gasteiger partial charge in [-0.05, 0) is 38.2 Å². The molecule has 1 aliphatic rings. The van der Waals surface area contributed by atoms with Gasteiger partial charge in [-0.2, -0.15) is 0 Å². The summed E-state index contributed by atoms with van der Waals surface area (Å²) in [6, 6.07) is 14.2. The highest BCUT2D eigenvalue weighted by Crippen LogP contribution is 2.42. The molecule has 3 rings (SSSR count). The molecule has 1 atom stereocenters. The largest absolute Gasteiger partial charge is 0.482 e. The molecule has 2 aromatic rings. The van der Waals surface area contributed by atoms with E-state index in [0.717, 1.165) is 24.5 Å². The van der Waals surface area contributed by atoms with Gasteiger partial charge in [-0.1, -0.05) is 35.9 Å². The summed E-state index contributed by atoms with van der Waals surface area (Å²) in [4.78, 5) is 18.2. The molecule has 0 bridgehead atoms. The summed E-state index contributed by atoms with van der Waals surface area (Å²) in [7, 11) is 1.95. The van der Waals surface area contributed by atoms with Crippen molar-refractivity contribution in [3.63, 3.8) is 0 Å². The van der Waals surface area contributed by atoms with E-state index in [4.69, 9.17) is 34.0 Å². The number of nitrogens with one attached hydrogen (secondary N) is 1. The van der Waals surface area contributed by atoms with Crippen LogP contribution in [0.5, 0.6) is 17.2 Å². The monoisotopic (exact) mass is 389 g/mol. The number of para-hydroxylation sites is 1. The molecule has 1 heterocycles. The van der Waals surface area contributed by atoms with Crippen molar-refractivity contribution in [2.75, 3.05) is 20.4 Å². The van der Waals surface area contributed by atoms with E-state index in [1.54, 1.807) is 0 Å². The zero-order valence-corrected chi connectivity index (χ0v) is 15.7. The smallest absolute Gasteiger partial charge is 0.414 e. The Kier molecular flexibility index (Phi) is 7.65. The van der Waals surface area contributed by atoms with Gasteiger partial charge in [-0.25, -0.2) is 9.59 Å². The molecule has 0 amide bonds. The number of carbonyl (C=O) groups is 2. The normalized spacial score (nSPS) is 12.5. The van der Waals surface area contributed by atoms with Crippen LogP contribution in [0.15, 0.2) is 42.5 Å². The zero-order chi connectivity index (χ0) is 20.5. The Morgan fingerprint density at radius 3 is 2.50 bits per heavy atom. The zero-order valence-electron chi connectivity index (χ0n) is 15.7. The molecule has 2 aromatic carbocycles. The minimum absolute atomic E-state index is 0.0250. The average Bonchev–Trinajstić information content (AvgIpc) is 3.15. The number of carboxylic acid groups (broad SMARTS) is 2. The second kappa shape index (κ2) is 10.2. The summed E-state index contributed by atoms with van der Waals surface area (Å²) in [6.45, 7) is 3.22. The second-order valence-corrected chi connectivity index (χ2v) is 6.01. The predicted molar refractivity (Wildman–Crippen MR) is 101 cm³/mol. The van der Waals surface area contributed by atoms with Crippen LogP contribution in [0.2, 0.25) is 0 Å². The van der Waals surface area contributed by atoms with Crippen molar-refractivity contribution in [2.24, 2.45) is 0 Å². The Morgan fingerprint density at radius 1 is 1.14 bits per heavy atom. The summed E-state index contributed by atoms with van der Waals surface area (Å²) in [5, 5.41) is 18.0. The van der Waals surface area contributed by atoms with Gasteiger partial charge in [-0.15, -0.1) is 0 Å². The van der Waals surface area contributed by atoms with E-state index in [2.05, 4.69) is 36.5 Å².